The second kappa shape index (κ2) is 7.10. The van der Waals surface area contributed by atoms with Crippen molar-refractivity contribution in [3.05, 3.63) is 0 Å². The molecule has 1 amide bonds. The molecule has 0 rings (SSSR count). The number of carbonyl (C=O) groups excluding carboxylic acids is 1. The fraction of sp³-hybridized carbons (Fsp3) is 0.857. The van der Waals surface area contributed by atoms with Crippen molar-refractivity contribution in [2.75, 3.05) is 6.54 Å². The Kier molecular flexibility index (Phi) is 7.09. The summed E-state index contributed by atoms with van der Waals surface area (Å²) in [6.07, 6.45) is 4.83. The van der Waals surface area contributed by atoms with Crippen LogP contribution < -0.4 is 5.32 Å². The molecule has 0 aliphatic carbocycles. The van der Waals surface area contributed by atoms with Gasteiger partial charge in [0, 0.05) is 0 Å². The molecule has 0 radical (unpaired) electrons. The number of carbonyl (C=O) groups is 1. The molecule has 0 aromatic heterocycles. The molecule has 0 aromatic rings. The van der Waals surface area contributed by atoms with E-state index in [0.29, 0.717) is 0 Å². The molecule has 0 bridgehead atoms. The van der Waals surface area contributed by atoms with Crippen LogP contribution >= 0.6 is 0 Å². The molecule has 3 heteroatoms. The van der Waals surface area contributed by atoms with Gasteiger partial charge in [-0.1, -0.05) is 0 Å². The van der Waals surface area contributed by atoms with Crippen molar-refractivity contribution in [2.45, 2.75) is 32.6 Å². The fourth-order valence-corrected chi connectivity index (χ4v) is 0.956. The summed E-state index contributed by atoms with van der Waals surface area (Å²) in [6, 6.07) is 0. The molecule has 0 saturated carbocycles. The minimum atomic E-state index is -0.0449. The zero-order chi connectivity index (χ0) is 7.82. The van der Waals surface area contributed by atoms with Gasteiger partial charge in [-0.2, -0.15) is 0 Å². The van der Waals surface area contributed by atoms with Crippen LogP contribution in [0.25, 0.3) is 0 Å². The van der Waals surface area contributed by atoms with Gasteiger partial charge in [0.1, 0.15) is 0 Å². The van der Waals surface area contributed by atoms with Crippen molar-refractivity contribution in [1.82, 2.24) is 5.32 Å². The zero-order valence-corrected chi connectivity index (χ0v) is 8.07. The monoisotopic (exact) mass is 208 g/mol. The van der Waals surface area contributed by atoms with Crippen LogP contribution in [0.3, 0.4) is 0 Å². The molecular weight excluding hydrogens is 193 g/mol. The molecule has 0 aliphatic rings. The van der Waals surface area contributed by atoms with Gasteiger partial charge in [0.25, 0.3) is 0 Å². The van der Waals surface area contributed by atoms with Crippen LogP contribution in [0.1, 0.15) is 32.6 Å². The van der Waals surface area contributed by atoms with Gasteiger partial charge in [0.15, 0.2) is 0 Å². The normalized spacial score (nSPS) is 9.30. The van der Waals surface area contributed by atoms with E-state index in [-0.39, 0.29) is 4.81 Å². The molecule has 0 unspecified atom stereocenters. The average Bonchev–Trinajstić information content (AvgIpc) is 1.87. The first-order valence-corrected chi connectivity index (χ1v) is 4.58. The SMILES string of the molecule is CCCCCCNC(=O)[Se-]. The third-order valence-corrected chi connectivity index (χ3v) is 1.60. The summed E-state index contributed by atoms with van der Waals surface area (Å²) in [5.74, 6) is 0. The molecule has 2 nitrogen and oxygen atoms in total. The number of amides is 1. The molecule has 0 spiro atoms. The first-order valence-electron chi connectivity index (χ1n) is 3.72. The molecular formula is C7H14NOSe-. The maximum atomic E-state index is 10.3. The van der Waals surface area contributed by atoms with Crippen molar-refractivity contribution in [1.29, 1.82) is 0 Å². The number of nitrogens with one attached hydrogen (secondary N) is 1. The predicted molar refractivity (Wildman–Crippen MR) is 43.3 cm³/mol. The predicted octanol–water partition coefficient (Wildman–Crippen LogP) is 1.44. The summed E-state index contributed by atoms with van der Waals surface area (Å²) >= 11 is 2.38. The van der Waals surface area contributed by atoms with Crippen LogP contribution in [0.5, 0.6) is 0 Å². The molecule has 0 fully saturated rings. The van der Waals surface area contributed by atoms with E-state index in [1.54, 1.807) is 0 Å². The fourth-order valence-electron chi connectivity index (χ4n) is 0.742. The summed E-state index contributed by atoms with van der Waals surface area (Å²) in [4.78, 5) is 10.3. The van der Waals surface area contributed by atoms with Crippen molar-refractivity contribution in [3.63, 3.8) is 0 Å². The van der Waals surface area contributed by atoms with Crippen LogP contribution in [0.2, 0.25) is 0 Å². The van der Waals surface area contributed by atoms with Gasteiger partial charge < -0.3 is 0 Å². The Morgan fingerprint density at radius 3 is 2.60 bits per heavy atom. The van der Waals surface area contributed by atoms with Crippen LogP contribution in [-0.4, -0.2) is 27.4 Å². The van der Waals surface area contributed by atoms with Gasteiger partial charge in [0.2, 0.25) is 0 Å². The Morgan fingerprint density at radius 2 is 2.10 bits per heavy atom. The van der Waals surface area contributed by atoms with E-state index < -0.39 is 0 Å². The number of unbranched alkanes of at least 4 members (excludes halogenated alkanes) is 3. The maximum absolute atomic E-state index is 10.3. The molecule has 0 heterocycles. The van der Waals surface area contributed by atoms with Crippen LogP contribution in [0.15, 0.2) is 0 Å². The molecule has 1 N–H and O–H groups in total. The van der Waals surface area contributed by atoms with Crippen molar-refractivity contribution < 1.29 is 4.79 Å². The third-order valence-electron chi connectivity index (χ3n) is 1.30. The Labute approximate surface area is 70.6 Å². The summed E-state index contributed by atoms with van der Waals surface area (Å²) in [5, 5.41) is 2.71. The Morgan fingerprint density at radius 1 is 1.40 bits per heavy atom. The molecule has 0 atom stereocenters. The summed E-state index contributed by atoms with van der Waals surface area (Å²) in [7, 11) is 0. The average molecular weight is 207 g/mol. The summed E-state index contributed by atoms with van der Waals surface area (Å²) in [6.45, 7) is 2.98. The van der Waals surface area contributed by atoms with Gasteiger partial charge in [-0.3, -0.25) is 0 Å². The summed E-state index contributed by atoms with van der Waals surface area (Å²) in [5.41, 5.74) is 0. The van der Waals surface area contributed by atoms with Gasteiger partial charge in [-0.15, -0.1) is 0 Å². The van der Waals surface area contributed by atoms with Crippen LogP contribution in [0.4, 0.5) is 4.79 Å². The topological polar surface area (TPSA) is 29.1 Å². The van der Waals surface area contributed by atoms with Crippen LogP contribution in [0, 0.1) is 0 Å². The van der Waals surface area contributed by atoms with E-state index in [4.69, 9.17) is 0 Å². The number of rotatable bonds is 5. The van der Waals surface area contributed by atoms with E-state index in [9.17, 15) is 4.79 Å². The Hall–Kier alpha value is -0.0105. The Balaban J connectivity index is 2.84. The first kappa shape index (κ1) is 9.99. The second-order valence-electron chi connectivity index (χ2n) is 2.27. The number of hydrogen-bond donors (Lipinski definition) is 1. The molecule has 0 saturated heterocycles. The second-order valence-corrected chi connectivity index (χ2v) is 3.05. The van der Waals surface area contributed by atoms with E-state index in [1.165, 1.54) is 19.3 Å². The van der Waals surface area contributed by atoms with E-state index in [0.717, 1.165) is 13.0 Å². The Bertz CT molecular complexity index is 95.6. The van der Waals surface area contributed by atoms with Crippen molar-refractivity contribution >= 4 is 20.8 Å². The van der Waals surface area contributed by atoms with E-state index in [1.807, 2.05) is 0 Å². The molecule has 0 aliphatic heterocycles. The van der Waals surface area contributed by atoms with Crippen molar-refractivity contribution in [2.24, 2.45) is 0 Å². The van der Waals surface area contributed by atoms with Crippen molar-refractivity contribution in [3.8, 4) is 0 Å². The zero-order valence-electron chi connectivity index (χ0n) is 6.35. The standard InChI is InChI=1S/C7H15NOSe/c1-2-3-4-5-6-8-7(9)10/h2-6H2,1H3,(H2,8,9,10)/p-1. The first-order chi connectivity index (χ1) is 4.77. The van der Waals surface area contributed by atoms with Gasteiger partial charge in [-0.25, -0.2) is 0 Å². The van der Waals surface area contributed by atoms with Gasteiger partial charge in [0.05, 0.1) is 0 Å². The quantitative estimate of drug-likeness (QED) is 0.536. The van der Waals surface area contributed by atoms with Gasteiger partial charge in [-0.05, 0) is 0 Å². The van der Waals surface area contributed by atoms with E-state index >= 15 is 0 Å². The molecule has 0 aromatic carbocycles. The molecule has 10 heavy (non-hydrogen) atoms. The third kappa shape index (κ3) is 7.99. The summed E-state index contributed by atoms with van der Waals surface area (Å²) < 4.78 is 0. The van der Waals surface area contributed by atoms with E-state index in [2.05, 4.69) is 28.3 Å². The minimum absolute atomic E-state index is 0.0449. The number of hydrogen-bond acceptors (Lipinski definition) is 1. The van der Waals surface area contributed by atoms with Crippen LogP contribution in [-0.2, 0) is 0 Å². The molecule has 60 valence electrons. The van der Waals surface area contributed by atoms with Gasteiger partial charge >= 0.3 is 70.1 Å².